The zero-order chi connectivity index (χ0) is 15.9. The summed E-state index contributed by atoms with van der Waals surface area (Å²) in [6.45, 7) is 6.16. The molecule has 3 heterocycles. The van der Waals surface area contributed by atoms with Crippen molar-refractivity contribution in [2.45, 2.75) is 27.3 Å². The number of aromatic amines is 1. The average Bonchev–Trinajstić information content (AvgIpc) is 3.05. The second kappa shape index (κ2) is 5.21. The Bertz CT molecular complexity index is 848. The monoisotopic (exact) mass is 299 g/mol. The van der Waals surface area contributed by atoms with Crippen molar-refractivity contribution in [2.75, 3.05) is 7.05 Å². The number of H-pyrrole nitrogens is 1. The Morgan fingerprint density at radius 2 is 2.09 bits per heavy atom. The van der Waals surface area contributed by atoms with E-state index in [4.69, 9.17) is 0 Å². The van der Waals surface area contributed by atoms with Crippen LogP contribution in [0.2, 0.25) is 0 Å². The van der Waals surface area contributed by atoms with Crippen LogP contribution in [0, 0.1) is 20.8 Å². The van der Waals surface area contributed by atoms with Crippen molar-refractivity contribution in [1.29, 1.82) is 0 Å². The number of fused-ring (bicyclic) bond motifs is 1. The molecule has 3 aromatic rings. The summed E-state index contributed by atoms with van der Waals surface area (Å²) in [6, 6.07) is 1.90. The minimum atomic E-state index is -0.207. The predicted octanol–water partition coefficient (Wildman–Crippen LogP) is 1.04. The lowest BCUT2D eigenvalue weighted by Crippen LogP contribution is -2.28. The minimum absolute atomic E-state index is 0.207. The quantitative estimate of drug-likeness (QED) is 0.780. The number of aryl methyl sites for hydroxylation is 3. The highest BCUT2D eigenvalue weighted by molar-refractivity contribution is 5.91. The summed E-state index contributed by atoms with van der Waals surface area (Å²) < 4.78 is 1.67. The van der Waals surface area contributed by atoms with Crippen LogP contribution >= 0.6 is 0 Å². The number of hydrogen-bond donors (Lipinski definition) is 1. The molecule has 0 spiro atoms. The van der Waals surface area contributed by atoms with Crippen LogP contribution in [0.5, 0.6) is 0 Å². The molecule has 3 aromatic heterocycles. The maximum absolute atomic E-state index is 12.6. The molecule has 0 radical (unpaired) electrons. The number of aromatic nitrogens is 6. The first-order valence-corrected chi connectivity index (χ1v) is 6.91. The third-order valence-electron chi connectivity index (χ3n) is 3.57. The Morgan fingerprint density at radius 3 is 2.77 bits per heavy atom. The lowest BCUT2D eigenvalue weighted by Gasteiger charge is -2.16. The lowest BCUT2D eigenvalue weighted by molar-refractivity contribution is 0.0771. The first-order valence-electron chi connectivity index (χ1n) is 6.91. The Balaban J connectivity index is 1.94. The number of rotatable bonds is 3. The first-order chi connectivity index (χ1) is 10.5. The van der Waals surface area contributed by atoms with Crippen LogP contribution in [-0.2, 0) is 6.54 Å². The molecule has 0 aliphatic carbocycles. The highest BCUT2D eigenvalue weighted by atomic mass is 16.2. The molecule has 3 rings (SSSR count). The third-order valence-corrected chi connectivity index (χ3v) is 3.57. The van der Waals surface area contributed by atoms with E-state index in [1.165, 1.54) is 0 Å². The van der Waals surface area contributed by atoms with Crippen LogP contribution in [0.1, 0.15) is 33.3 Å². The summed E-state index contributed by atoms with van der Waals surface area (Å²) in [6.07, 6.45) is 1.72. The van der Waals surface area contributed by atoms with Gasteiger partial charge in [-0.15, -0.1) is 10.2 Å². The lowest BCUT2D eigenvalue weighted by atomic mass is 10.2. The van der Waals surface area contributed by atoms with E-state index in [1.54, 1.807) is 22.5 Å². The molecular weight excluding hydrogens is 282 g/mol. The zero-order valence-electron chi connectivity index (χ0n) is 13.0. The largest absolute Gasteiger partial charge is 0.335 e. The Kier molecular flexibility index (Phi) is 3.36. The minimum Gasteiger partial charge on any atom is -0.335 e. The Hall–Kier alpha value is -2.77. The number of carbonyl (C=O) groups is 1. The molecule has 22 heavy (non-hydrogen) atoms. The number of hydrogen-bond acceptors (Lipinski definition) is 5. The number of nitrogens with one attached hydrogen (secondary N) is 1. The standard InChI is InChI=1S/C14H17N7O/c1-8-5-9(2)21-12(18-19-14(21)16-8)13(22)20(4)7-11-6-15-17-10(11)3/h5-6H,7H2,1-4H3,(H,15,17). The summed E-state index contributed by atoms with van der Waals surface area (Å²) in [4.78, 5) is 18.5. The SMILES string of the molecule is Cc1cc(C)n2c(C(=O)N(C)Cc3cn[nH]c3C)nnc2n1. The molecule has 0 saturated carbocycles. The van der Waals surface area contributed by atoms with E-state index in [-0.39, 0.29) is 11.7 Å². The van der Waals surface area contributed by atoms with Crippen LogP contribution < -0.4 is 0 Å². The molecular formula is C14H17N7O. The van der Waals surface area contributed by atoms with Crippen LogP contribution in [0.25, 0.3) is 5.78 Å². The summed E-state index contributed by atoms with van der Waals surface area (Å²) in [7, 11) is 1.73. The summed E-state index contributed by atoms with van der Waals surface area (Å²) in [5.41, 5.74) is 3.64. The highest BCUT2D eigenvalue weighted by Crippen LogP contribution is 2.12. The van der Waals surface area contributed by atoms with Gasteiger partial charge in [0.1, 0.15) is 0 Å². The van der Waals surface area contributed by atoms with E-state index >= 15 is 0 Å². The van der Waals surface area contributed by atoms with E-state index in [0.29, 0.717) is 12.3 Å². The summed E-state index contributed by atoms with van der Waals surface area (Å²) in [5.74, 6) is 0.499. The zero-order valence-corrected chi connectivity index (χ0v) is 13.0. The number of nitrogens with zero attached hydrogens (tertiary/aromatic N) is 6. The van der Waals surface area contributed by atoms with Crippen molar-refractivity contribution in [3.63, 3.8) is 0 Å². The molecule has 0 aliphatic heterocycles. The van der Waals surface area contributed by atoms with Crippen molar-refractivity contribution in [3.05, 3.63) is 40.7 Å². The van der Waals surface area contributed by atoms with Crippen molar-refractivity contribution < 1.29 is 4.79 Å². The van der Waals surface area contributed by atoms with Gasteiger partial charge >= 0.3 is 0 Å². The molecule has 0 fully saturated rings. The van der Waals surface area contributed by atoms with E-state index in [2.05, 4.69) is 25.4 Å². The predicted molar refractivity (Wildman–Crippen MR) is 79.4 cm³/mol. The van der Waals surface area contributed by atoms with Gasteiger partial charge in [0.25, 0.3) is 11.7 Å². The van der Waals surface area contributed by atoms with Gasteiger partial charge in [-0.2, -0.15) is 5.10 Å². The average molecular weight is 299 g/mol. The third kappa shape index (κ3) is 2.32. The van der Waals surface area contributed by atoms with Crippen molar-refractivity contribution in [2.24, 2.45) is 0 Å². The second-order valence-electron chi connectivity index (χ2n) is 5.38. The van der Waals surface area contributed by atoms with E-state index in [1.807, 2.05) is 26.8 Å². The number of amides is 1. The normalized spacial score (nSPS) is 11.1. The van der Waals surface area contributed by atoms with Gasteiger partial charge in [0.2, 0.25) is 5.82 Å². The molecule has 8 nitrogen and oxygen atoms in total. The maximum atomic E-state index is 12.6. The molecule has 0 saturated heterocycles. The van der Waals surface area contributed by atoms with Gasteiger partial charge in [0.15, 0.2) is 0 Å². The van der Waals surface area contributed by atoms with Crippen molar-refractivity contribution in [1.82, 2.24) is 34.7 Å². The highest BCUT2D eigenvalue weighted by Gasteiger charge is 2.21. The Morgan fingerprint density at radius 1 is 1.32 bits per heavy atom. The molecule has 0 unspecified atom stereocenters. The van der Waals surface area contributed by atoms with E-state index < -0.39 is 0 Å². The van der Waals surface area contributed by atoms with Crippen LogP contribution in [0.3, 0.4) is 0 Å². The topological polar surface area (TPSA) is 92.1 Å². The fraction of sp³-hybridized carbons (Fsp3) is 0.357. The maximum Gasteiger partial charge on any atom is 0.292 e. The molecule has 1 N–H and O–H groups in total. The van der Waals surface area contributed by atoms with Gasteiger partial charge in [0, 0.05) is 36.2 Å². The first kappa shape index (κ1) is 14.2. The molecule has 0 bridgehead atoms. The van der Waals surface area contributed by atoms with Crippen LogP contribution in [0.4, 0.5) is 0 Å². The number of carbonyl (C=O) groups excluding carboxylic acids is 1. The van der Waals surface area contributed by atoms with Crippen molar-refractivity contribution >= 4 is 11.7 Å². The van der Waals surface area contributed by atoms with Gasteiger partial charge in [-0.05, 0) is 26.8 Å². The molecule has 0 aliphatic rings. The molecule has 0 atom stereocenters. The van der Waals surface area contributed by atoms with E-state index in [0.717, 1.165) is 22.6 Å². The second-order valence-corrected chi connectivity index (χ2v) is 5.38. The van der Waals surface area contributed by atoms with Crippen LogP contribution in [-0.4, -0.2) is 47.6 Å². The fourth-order valence-electron chi connectivity index (χ4n) is 2.40. The van der Waals surface area contributed by atoms with Gasteiger partial charge in [-0.1, -0.05) is 0 Å². The molecule has 114 valence electrons. The fourth-order valence-corrected chi connectivity index (χ4v) is 2.40. The van der Waals surface area contributed by atoms with Crippen molar-refractivity contribution in [3.8, 4) is 0 Å². The smallest absolute Gasteiger partial charge is 0.292 e. The Labute approximate surface area is 127 Å². The van der Waals surface area contributed by atoms with E-state index in [9.17, 15) is 4.79 Å². The summed E-state index contributed by atoms with van der Waals surface area (Å²) >= 11 is 0. The summed E-state index contributed by atoms with van der Waals surface area (Å²) in [5, 5.41) is 14.8. The van der Waals surface area contributed by atoms with Gasteiger partial charge in [-0.3, -0.25) is 14.3 Å². The molecule has 1 amide bonds. The molecule has 8 heteroatoms. The molecule has 0 aromatic carbocycles. The van der Waals surface area contributed by atoms with Gasteiger partial charge in [-0.25, -0.2) is 4.98 Å². The van der Waals surface area contributed by atoms with Crippen LogP contribution in [0.15, 0.2) is 12.3 Å². The van der Waals surface area contributed by atoms with Gasteiger partial charge < -0.3 is 4.90 Å². The van der Waals surface area contributed by atoms with Gasteiger partial charge in [0.05, 0.1) is 6.20 Å².